The van der Waals surface area contributed by atoms with Crippen LogP contribution in [0.15, 0.2) is 15.8 Å². The highest BCUT2D eigenvalue weighted by molar-refractivity contribution is 5.66. The van der Waals surface area contributed by atoms with E-state index in [-0.39, 0.29) is 13.0 Å². The summed E-state index contributed by atoms with van der Waals surface area (Å²) in [7, 11) is 0. The Morgan fingerprint density at radius 1 is 1.39 bits per heavy atom. The number of ether oxygens (including phenoxy) is 3. The molecule has 2 rings (SSSR count). The quantitative estimate of drug-likeness (QED) is 0.737. The third-order valence-corrected chi connectivity index (χ3v) is 3.18. The molecule has 126 valence electrons. The molecular formula is C13H15FN2O7. The Hall–Kier alpha value is -2.49. The lowest BCUT2D eigenvalue weighted by molar-refractivity contribution is -0.155. The van der Waals surface area contributed by atoms with Crippen molar-refractivity contribution >= 4 is 11.9 Å². The number of rotatable bonds is 4. The lowest BCUT2D eigenvalue weighted by Crippen LogP contribution is -2.34. The molecule has 0 radical (unpaired) electrons. The lowest BCUT2D eigenvalue weighted by atomic mass is 10.2. The van der Waals surface area contributed by atoms with Crippen LogP contribution in [-0.2, 0) is 23.8 Å². The standard InChI is InChI=1S/C13H15FN2O7/c1-6(17)21-5-10-9(22-7(2)18)3-11(23-10)16-4-8(14)12(19)15-13(16)20/h4,9-11H,3,5H2,1-2H3,(H,15,19,20)/t9?,10-,11-/m0/s1. The van der Waals surface area contributed by atoms with Crippen molar-refractivity contribution in [2.45, 2.75) is 38.7 Å². The van der Waals surface area contributed by atoms with E-state index < -0.39 is 47.4 Å². The summed E-state index contributed by atoms with van der Waals surface area (Å²) >= 11 is 0. The molecule has 3 atom stereocenters. The topological polar surface area (TPSA) is 117 Å². The summed E-state index contributed by atoms with van der Waals surface area (Å²) in [6.07, 6.45) is -1.81. The largest absolute Gasteiger partial charge is 0.463 e. The molecule has 0 bridgehead atoms. The molecule has 9 nitrogen and oxygen atoms in total. The minimum atomic E-state index is -1.15. The Bertz CT molecular complexity index is 726. The summed E-state index contributed by atoms with van der Waals surface area (Å²) in [5.41, 5.74) is -2.01. The highest BCUT2D eigenvalue weighted by Crippen LogP contribution is 2.30. The van der Waals surface area contributed by atoms with Crippen LogP contribution in [0.4, 0.5) is 4.39 Å². The Morgan fingerprint density at radius 2 is 2.09 bits per heavy atom. The van der Waals surface area contributed by atoms with Crippen LogP contribution in [-0.4, -0.2) is 40.3 Å². The second-order valence-corrected chi connectivity index (χ2v) is 4.96. The first-order chi connectivity index (χ1) is 10.8. The average molecular weight is 330 g/mol. The summed E-state index contributed by atoms with van der Waals surface area (Å²) in [6, 6.07) is 0. The van der Waals surface area contributed by atoms with E-state index in [1.165, 1.54) is 13.8 Å². The van der Waals surface area contributed by atoms with Gasteiger partial charge in [-0.15, -0.1) is 0 Å². The van der Waals surface area contributed by atoms with Crippen molar-refractivity contribution in [2.75, 3.05) is 6.61 Å². The van der Waals surface area contributed by atoms with Gasteiger partial charge in [-0.05, 0) is 0 Å². The smallest absolute Gasteiger partial charge is 0.330 e. The normalized spacial score (nSPS) is 23.5. The molecule has 0 aliphatic carbocycles. The van der Waals surface area contributed by atoms with Gasteiger partial charge in [0.2, 0.25) is 5.82 Å². The first kappa shape index (κ1) is 16.9. The maximum atomic E-state index is 13.4. The number of nitrogens with zero attached hydrogens (tertiary/aromatic N) is 1. The van der Waals surface area contributed by atoms with E-state index >= 15 is 0 Å². The van der Waals surface area contributed by atoms with Crippen LogP contribution in [0.25, 0.3) is 0 Å². The maximum absolute atomic E-state index is 13.4. The minimum absolute atomic E-state index is 0.0386. The maximum Gasteiger partial charge on any atom is 0.330 e. The molecule has 1 saturated heterocycles. The fraction of sp³-hybridized carbons (Fsp3) is 0.538. The minimum Gasteiger partial charge on any atom is -0.463 e. The number of H-pyrrole nitrogens is 1. The zero-order valence-corrected chi connectivity index (χ0v) is 12.4. The molecule has 10 heteroatoms. The van der Waals surface area contributed by atoms with Crippen molar-refractivity contribution in [1.29, 1.82) is 0 Å². The van der Waals surface area contributed by atoms with Crippen LogP contribution in [0.2, 0.25) is 0 Å². The number of nitrogens with one attached hydrogen (secondary N) is 1. The van der Waals surface area contributed by atoms with E-state index in [2.05, 4.69) is 0 Å². The van der Waals surface area contributed by atoms with E-state index in [4.69, 9.17) is 14.2 Å². The average Bonchev–Trinajstić information content (AvgIpc) is 2.82. The lowest BCUT2D eigenvalue weighted by Gasteiger charge is -2.17. The third kappa shape index (κ3) is 4.03. The van der Waals surface area contributed by atoms with Gasteiger partial charge in [-0.2, -0.15) is 4.39 Å². The molecule has 1 aliphatic heterocycles. The molecular weight excluding hydrogens is 315 g/mol. The van der Waals surface area contributed by atoms with Gasteiger partial charge >= 0.3 is 17.6 Å². The van der Waals surface area contributed by atoms with Crippen LogP contribution in [0.3, 0.4) is 0 Å². The summed E-state index contributed by atoms with van der Waals surface area (Å²) in [6.45, 7) is 2.21. The molecule has 0 saturated carbocycles. The SMILES string of the molecule is CC(=O)OC[C@@H]1O[C@H](n2cc(F)c(=O)[nH]c2=O)CC1OC(C)=O. The summed E-state index contributed by atoms with van der Waals surface area (Å²) in [4.78, 5) is 46.6. The van der Waals surface area contributed by atoms with Gasteiger partial charge < -0.3 is 14.2 Å². The van der Waals surface area contributed by atoms with Gasteiger partial charge in [0.05, 0.1) is 6.20 Å². The first-order valence-corrected chi connectivity index (χ1v) is 6.75. The van der Waals surface area contributed by atoms with Crippen molar-refractivity contribution in [1.82, 2.24) is 9.55 Å². The van der Waals surface area contributed by atoms with Crippen molar-refractivity contribution in [3.63, 3.8) is 0 Å². The molecule has 0 aromatic carbocycles. The molecule has 1 aromatic rings. The monoisotopic (exact) mass is 330 g/mol. The van der Waals surface area contributed by atoms with Crippen LogP contribution < -0.4 is 11.2 Å². The van der Waals surface area contributed by atoms with E-state index in [1.54, 1.807) is 0 Å². The van der Waals surface area contributed by atoms with Gasteiger partial charge in [-0.25, -0.2) is 4.79 Å². The number of esters is 2. The molecule has 1 unspecified atom stereocenters. The molecule has 1 aliphatic rings. The molecule has 2 heterocycles. The molecule has 1 N–H and O–H groups in total. The number of aromatic amines is 1. The number of carbonyl (C=O) groups is 2. The molecule has 0 spiro atoms. The number of hydrogen-bond donors (Lipinski definition) is 1. The zero-order chi connectivity index (χ0) is 17.1. The Kier molecular flexibility index (Phi) is 4.94. The predicted molar refractivity (Wildman–Crippen MR) is 72.0 cm³/mol. The van der Waals surface area contributed by atoms with Crippen LogP contribution in [0.5, 0.6) is 0 Å². The van der Waals surface area contributed by atoms with E-state index in [0.717, 1.165) is 4.57 Å². The number of aromatic nitrogens is 2. The van der Waals surface area contributed by atoms with Gasteiger partial charge in [0.25, 0.3) is 5.56 Å². The Morgan fingerprint density at radius 3 is 2.70 bits per heavy atom. The van der Waals surface area contributed by atoms with Crippen LogP contribution >= 0.6 is 0 Å². The number of hydrogen-bond acceptors (Lipinski definition) is 7. The van der Waals surface area contributed by atoms with Crippen molar-refractivity contribution in [3.05, 3.63) is 32.9 Å². The predicted octanol–water partition coefficient (Wildman–Crippen LogP) is -0.542. The number of carbonyl (C=O) groups excluding carboxylic acids is 2. The van der Waals surface area contributed by atoms with Crippen molar-refractivity contribution in [2.24, 2.45) is 0 Å². The fourth-order valence-electron chi connectivity index (χ4n) is 2.23. The second-order valence-electron chi connectivity index (χ2n) is 4.96. The van der Waals surface area contributed by atoms with Crippen molar-refractivity contribution in [3.8, 4) is 0 Å². The highest BCUT2D eigenvalue weighted by atomic mass is 19.1. The summed E-state index contributed by atoms with van der Waals surface area (Å²) < 4.78 is 29.6. The van der Waals surface area contributed by atoms with Gasteiger partial charge in [-0.1, -0.05) is 0 Å². The van der Waals surface area contributed by atoms with Gasteiger partial charge in [0, 0.05) is 20.3 Å². The van der Waals surface area contributed by atoms with E-state index in [9.17, 15) is 23.6 Å². The molecule has 0 amide bonds. The van der Waals surface area contributed by atoms with Gasteiger partial charge in [0.1, 0.15) is 25.0 Å². The van der Waals surface area contributed by atoms with Crippen LogP contribution in [0.1, 0.15) is 26.5 Å². The number of halogens is 1. The van der Waals surface area contributed by atoms with Gasteiger partial charge in [0.15, 0.2) is 0 Å². The summed E-state index contributed by atoms with van der Waals surface area (Å²) in [5, 5.41) is 0. The van der Waals surface area contributed by atoms with Crippen LogP contribution in [0, 0.1) is 5.82 Å². The summed E-state index contributed by atoms with van der Waals surface area (Å²) in [5.74, 6) is -2.28. The van der Waals surface area contributed by atoms with E-state index in [0.29, 0.717) is 6.20 Å². The Labute approximate surface area is 129 Å². The first-order valence-electron chi connectivity index (χ1n) is 6.75. The highest BCUT2D eigenvalue weighted by Gasteiger charge is 2.39. The second kappa shape index (κ2) is 6.73. The molecule has 1 fully saturated rings. The zero-order valence-electron chi connectivity index (χ0n) is 12.4. The van der Waals surface area contributed by atoms with Gasteiger partial charge in [-0.3, -0.25) is 23.9 Å². The Balaban J connectivity index is 2.23. The van der Waals surface area contributed by atoms with E-state index in [1.807, 2.05) is 4.98 Å². The van der Waals surface area contributed by atoms with Crippen molar-refractivity contribution < 1.29 is 28.2 Å². The molecule has 23 heavy (non-hydrogen) atoms. The molecule has 1 aromatic heterocycles. The third-order valence-electron chi connectivity index (χ3n) is 3.18. The fourth-order valence-corrected chi connectivity index (χ4v) is 2.23.